The maximum atomic E-state index is 13.3. The highest BCUT2D eigenvalue weighted by Gasteiger charge is 2.40. The average Bonchev–Trinajstić information content (AvgIpc) is 2.61. The molecule has 1 aromatic rings. The second-order valence-corrected chi connectivity index (χ2v) is 6.12. The molecule has 2 unspecified atom stereocenters. The number of halogens is 1. The Hall–Kier alpha value is -1.42. The molecule has 2 aliphatic rings. The lowest BCUT2D eigenvalue weighted by Gasteiger charge is -2.38. The Morgan fingerprint density at radius 2 is 2.00 bits per heavy atom. The minimum atomic E-state index is -0.687. The molecule has 0 aliphatic carbocycles. The number of benzene rings is 1. The monoisotopic (exact) mass is 277 g/mol. The van der Waals surface area contributed by atoms with Crippen molar-refractivity contribution in [2.45, 2.75) is 50.7 Å². The molecule has 0 amide bonds. The Balaban J connectivity index is 1.66. The molecule has 0 spiro atoms. The molecule has 0 radical (unpaired) electrons. The highest BCUT2D eigenvalue weighted by Crippen LogP contribution is 2.40. The summed E-state index contributed by atoms with van der Waals surface area (Å²) >= 11 is 0. The molecule has 3 nitrogen and oxygen atoms in total. The molecule has 108 valence electrons. The number of piperidine rings is 1. The Morgan fingerprint density at radius 3 is 2.60 bits per heavy atom. The van der Waals surface area contributed by atoms with Crippen molar-refractivity contribution in [3.63, 3.8) is 0 Å². The van der Waals surface area contributed by atoms with Gasteiger partial charge in [-0.2, -0.15) is 0 Å². The molecule has 2 aliphatic heterocycles. The summed E-state index contributed by atoms with van der Waals surface area (Å²) in [5.74, 6) is -0.558. The summed E-state index contributed by atoms with van der Waals surface area (Å²) < 4.78 is 13.3. The fourth-order valence-electron chi connectivity index (χ4n) is 3.90. The molecular weight excluding hydrogens is 257 g/mol. The highest BCUT2D eigenvalue weighted by molar-refractivity contribution is 5.67. The third kappa shape index (κ3) is 2.85. The van der Waals surface area contributed by atoms with E-state index in [2.05, 4.69) is 4.90 Å². The van der Waals surface area contributed by atoms with Crippen LogP contribution in [0, 0.1) is 11.7 Å². The third-order valence-electron chi connectivity index (χ3n) is 4.70. The van der Waals surface area contributed by atoms with E-state index in [0.717, 1.165) is 37.8 Å². The Bertz CT molecular complexity index is 491. The standard InChI is InChI=1S/C16H20FNO2/c17-13-3-1-2-11(6-13)10-18-14-4-5-15(18)8-12(7-14)9-16(19)20/h1-3,6,12,14-15H,4-5,7-10H2,(H,19,20). The van der Waals surface area contributed by atoms with Crippen molar-refractivity contribution in [2.24, 2.45) is 5.92 Å². The fraction of sp³-hybridized carbons (Fsp3) is 0.562. The van der Waals surface area contributed by atoms with E-state index in [1.165, 1.54) is 6.07 Å². The number of carboxylic acid groups (broad SMARTS) is 1. The van der Waals surface area contributed by atoms with Crippen LogP contribution in [0.1, 0.15) is 37.7 Å². The predicted octanol–water partition coefficient (Wildman–Crippen LogP) is 3.04. The summed E-state index contributed by atoms with van der Waals surface area (Å²) in [5.41, 5.74) is 1.01. The Morgan fingerprint density at radius 1 is 1.30 bits per heavy atom. The molecule has 0 saturated carbocycles. The van der Waals surface area contributed by atoms with E-state index in [-0.39, 0.29) is 5.82 Å². The zero-order valence-electron chi connectivity index (χ0n) is 11.5. The molecule has 0 aromatic heterocycles. The van der Waals surface area contributed by atoms with Gasteiger partial charge in [-0.3, -0.25) is 9.69 Å². The fourth-order valence-corrected chi connectivity index (χ4v) is 3.90. The van der Waals surface area contributed by atoms with Gasteiger partial charge in [0.15, 0.2) is 0 Å². The Labute approximate surface area is 118 Å². The number of carboxylic acids is 1. The van der Waals surface area contributed by atoms with Gasteiger partial charge in [0.25, 0.3) is 0 Å². The minimum absolute atomic E-state index is 0.185. The van der Waals surface area contributed by atoms with Crippen molar-refractivity contribution in [1.82, 2.24) is 4.90 Å². The summed E-state index contributed by atoms with van der Waals surface area (Å²) in [7, 11) is 0. The van der Waals surface area contributed by atoms with Crippen LogP contribution in [0.5, 0.6) is 0 Å². The molecule has 3 rings (SSSR count). The van der Waals surface area contributed by atoms with Crippen molar-refractivity contribution < 1.29 is 14.3 Å². The van der Waals surface area contributed by atoms with Gasteiger partial charge < -0.3 is 5.11 Å². The van der Waals surface area contributed by atoms with Crippen LogP contribution in [0.15, 0.2) is 24.3 Å². The predicted molar refractivity (Wildman–Crippen MR) is 73.7 cm³/mol. The molecule has 4 heteroatoms. The van der Waals surface area contributed by atoms with Crippen LogP contribution < -0.4 is 0 Å². The first-order chi connectivity index (χ1) is 9.61. The quantitative estimate of drug-likeness (QED) is 0.919. The van der Waals surface area contributed by atoms with Crippen molar-refractivity contribution >= 4 is 5.97 Å². The van der Waals surface area contributed by atoms with Gasteiger partial charge in [0.2, 0.25) is 0 Å². The van der Waals surface area contributed by atoms with Gasteiger partial charge in [0.05, 0.1) is 0 Å². The van der Waals surface area contributed by atoms with Crippen LogP contribution in [0.4, 0.5) is 4.39 Å². The number of carbonyl (C=O) groups is 1. The molecule has 2 heterocycles. The largest absolute Gasteiger partial charge is 0.481 e. The summed E-state index contributed by atoms with van der Waals surface area (Å²) in [4.78, 5) is 13.3. The number of rotatable bonds is 4. The molecule has 1 aromatic carbocycles. The number of aliphatic carboxylic acids is 1. The van der Waals surface area contributed by atoms with E-state index in [0.29, 0.717) is 24.4 Å². The first-order valence-electron chi connectivity index (χ1n) is 7.34. The van der Waals surface area contributed by atoms with E-state index in [9.17, 15) is 9.18 Å². The zero-order valence-corrected chi connectivity index (χ0v) is 11.5. The van der Waals surface area contributed by atoms with Crippen LogP contribution in [-0.2, 0) is 11.3 Å². The maximum Gasteiger partial charge on any atom is 0.303 e. The molecule has 2 atom stereocenters. The first-order valence-corrected chi connectivity index (χ1v) is 7.34. The van der Waals surface area contributed by atoms with Crippen molar-refractivity contribution in [1.29, 1.82) is 0 Å². The lowest BCUT2D eigenvalue weighted by molar-refractivity contribution is -0.138. The van der Waals surface area contributed by atoms with Crippen LogP contribution in [0.25, 0.3) is 0 Å². The lowest BCUT2D eigenvalue weighted by atomic mass is 9.88. The Kier molecular flexibility index (Phi) is 3.74. The molecular formula is C16H20FNO2. The topological polar surface area (TPSA) is 40.5 Å². The van der Waals surface area contributed by atoms with Crippen LogP contribution in [0.3, 0.4) is 0 Å². The molecule has 20 heavy (non-hydrogen) atoms. The molecule has 1 N–H and O–H groups in total. The smallest absolute Gasteiger partial charge is 0.303 e. The van der Waals surface area contributed by atoms with Gasteiger partial charge in [-0.25, -0.2) is 4.39 Å². The molecule has 2 fully saturated rings. The van der Waals surface area contributed by atoms with Crippen LogP contribution in [-0.4, -0.2) is 28.1 Å². The zero-order chi connectivity index (χ0) is 14.1. The van der Waals surface area contributed by atoms with Crippen molar-refractivity contribution in [3.8, 4) is 0 Å². The van der Waals surface area contributed by atoms with Gasteiger partial charge >= 0.3 is 5.97 Å². The van der Waals surface area contributed by atoms with Gasteiger partial charge in [-0.05, 0) is 49.3 Å². The summed E-state index contributed by atoms with van der Waals surface area (Å²) in [5, 5.41) is 8.94. The van der Waals surface area contributed by atoms with E-state index in [1.54, 1.807) is 12.1 Å². The maximum absolute atomic E-state index is 13.3. The second kappa shape index (κ2) is 5.52. The number of hydrogen-bond acceptors (Lipinski definition) is 2. The van der Waals surface area contributed by atoms with Gasteiger partial charge in [-0.15, -0.1) is 0 Å². The van der Waals surface area contributed by atoms with Gasteiger partial charge in [0, 0.05) is 25.0 Å². The van der Waals surface area contributed by atoms with Crippen molar-refractivity contribution in [3.05, 3.63) is 35.6 Å². The first kappa shape index (κ1) is 13.6. The van der Waals surface area contributed by atoms with E-state index < -0.39 is 5.97 Å². The van der Waals surface area contributed by atoms with E-state index in [4.69, 9.17) is 5.11 Å². The molecule has 2 saturated heterocycles. The van der Waals surface area contributed by atoms with Gasteiger partial charge in [-0.1, -0.05) is 12.1 Å². The average molecular weight is 277 g/mol. The van der Waals surface area contributed by atoms with Crippen LogP contribution >= 0.6 is 0 Å². The normalized spacial score (nSPS) is 29.6. The number of nitrogens with zero attached hydrogens (tertiary/aromatic N) is 1. The van der Waals surface area contributed by atoms with E-state index in [1.807, 2.05) is 6.07 Å². The number of hydrogen-bond donors (Lipinski definition) is 1. The van der Waals surface area contributed by atoms with Crippen molar-refractivity contribution in [2.75, 3.05) is 0 Å². The van der Waals surface area contributed by atoms with Crippen LogP contribution in [0.2, 0.25) is 0 Å². The van der Waals surface area contributed by atoms with E-state index >= 15 is 0 Å². The number of fused-ring (bicyclic) bond motifs is 2. The summed E-state index contributed by atoms with van der Waals surface area (Å²) in [6.45, 7) is 0.785. The summed E-state index contributed by atoms with van der Waals surface area (Å²) in [6.07, 6.45) is 4.53. The molecule has 2 bridgehead atoms. The SMILES string of the molecule is O=C(O)CC1CC2CCC(C1)N2Cc1cccc(F)c1. The third-order valence-corrected chi connectivity index (χ3v) is 4.70. The minimum Gasteiger partial charge on any atom is -0.481 e. The second-order valence-electron chi connectivity index (χ2n) is 6.12. The highest BCUT2D eigenvalue weighted by atomic mass is 19.1. The van der Waals surface area contributed by atoms with Gasteiger partial charge in [0.1, 0.15) is 5.82 Å². The summed E-state index contributed by atoms with van der Waals surface area (Å²) in [6, 6.07) is 7.73. The lowest BCUT2D eigenvalue weighted by Crippen LogP contribution is -2.42.